The number of hydrazone groups is 2. The highest BCUT2D eigenvalue weighted by Gasteiger charge is 2.31. The van der Waals surface area contributed by atoms with Gasteiger partial charge in [-0.05, 0) is 105 Å². The molecule has 0 aromatic heterocycles. The van der Waals surface area contributed by atoms with E-state index in [2.05, 4.69) is 10.2 Å². The monoisotopic (exact) mass is 810 g/mol. The van der Waals surface area contributed by atoms with Crippen LogP contribution in [-0.2, 0) is 19.7 Å². The van der Waals surface area contributed by atoms with Gasteiger partial charge in [0.05, 0.1) is 80.5 Å². The fourth-order valence-electron chi connectivity index (χ4n) is 6.16. The molecule has 0 aliphatic carbocycles. The van der Waals surface area contributed by atoms with Gasteiger partial charge in [0.15, 0.2) is 23.0 Å². The summed E-state index contributed by atoms with van der Waals surface area (Å²) in [6, 6.07) is 19.6. The molecule has 0 saturated heterocycles. The molecule has 0 fully saturated rings. The fourth-order valence-corrected chi connectivity index (χ4v) is 6.64. The standard InChI is InChI=1S/C42H42N4O11S/c1-25-9-11-30(12-10-25)45-41(47)33(26(2)43-45)19-28-21-35(52-4)39(36(22-28)53-5)56-17-8-18-57-40-37(54-6)23-29(24-38(40)55-7)20-34-27(3)44-46(42(34)48)31-13-15-32(16-14-31)58(49,50)51/h9-16,19-24H,8,17-18H2,1-7H3,(H,49,50,51). The zero-order valence-corrected chi connectivity index (χ0v) is 33.7. The Bertz CT molecular complexity index is 2430. The van der Waals surface area contributed by atoms with E-state index in [0.717, 1.165) is 10.6 Å². The third-order valence-electron chi connectivity index (χ3n) is 9.15. The number of methoxy groups -OCH3 is 4. The minimum atomic E-state index is -4.39. The van der Waals surface area contributed by atoms with E-state index in [-0.39, 0.29) is 24.0 Å². The number of amides is 2. The largest absolute Gasteiger partial charge is 0.493 e. The van der Waals surface area contributed by atoms with Gasteiger partial charge in [-0.15, -0.1) is 0 Å². The number of ether oxygens (including phenoxy) is 6. The Labute approximate surface area is 336 Å². The van der Waals surface area contributed by atoms with Crippen LogP contribution in [0.3, 0.4) is 0 Å². The number of carbonyl (C=O) groups excluding carboxylic acids is 2. The first kappa shape index (κ1) is 41.0. The van der Waals surface area contributed by atoms with Crippen LogP contribution in [0.4, 0.5) is 11.4 Å². The van der Waals surface area contributed by atoms with Gasteiger partial charge in [0.25, 0.3) is 21.9 Å². The number of nitrogens with zero attached hydrogens (tertiary/aromatic N) is 4. The van der Waals surface area contributed by atoms with Gasteiger partial charge in [-0.2, -0.15) is 28.6 Å². The van der Waals surface area contributed by atoms with Crippen LogP contribution < -0.4 is 38.4 Å². The Morgan fingerprint density at radius 3 is 1.31 bits per heavy atom. The van der Waals surface area contributed by atoms with Crippen LogP contribution in [0.5, 0.6) is 34.5 Å². The second kappa shape index (κ2) is 17.2. The molecule has 0 atom stereocenters. The van der Waals surface area contributed by atoms with Crippen molar-refractivity contribution in [3.8, 4) is 34.5 Å². The SMILES string of the molecule is COc1cc(C=C2C(=O)N(c3ccc(C)cc3)N=C2C)cc(OC)c1OCCCOc1c(OC)cc(C=C2C(=O)N(c3ccc(S(=O)(=O)O)cc3)N=C2C)cc1OC. The van der Waals surface area contributed by atoms with Gasteiger partial charge in [0.1, 0.15) is 0 Å². The Hall–Kier alpha value is -6.65. The topological polar surface area (TPSA) is 175 Å². The van der Waals surface area contributed by atoms with Crippen LogP contribution in [0, 0.1) is 6.92 Å². The Morgan fingerprint density at radius 2 is 0.966 bits per heavy atom. The van der Waals surface area contributed by atoms with Crippen molar-refractivity contribution >= 4 is 56.9 Å². The first-order valence-corrected chi connectivity index (χ1v) is 19.4. The van der Waals surface area contributed by atoms with Crippen molar-refractivity contribution in [2.45, 2.75) is 32.1 Å². The Morgan fingerprint density at radius 1 is 0.603 bits per heavy atom. The summed E-state index contributed by atoms with van der Waals surface area (Å²) in [7, 11) is 1.63. The third-order valence-corrected chi connectivity index (χ3v) is 10.0. The highest BCUT2D eigenvalue weighted by Crippen LogP contribution is 2.41. The molecule has 0 saturated carbocycles. The van der Waals surface area contributed by atoms with Crippen molar-refractivity contribution < 1.29 is 51.0 Å². The van der Waals surface area contributed by atoms with E-state index in [4.69, 9.17) is 28.4 Å². The van der Waals surface area contributed by atoms with E-state index < -0.39 is 16.0 Å². The summed E-state index contributed by atoms with van der Waals surface area (Å²) in [6.07, 6.45) is 3.83. The van der Waals surface area contributed by atoms with Crippen LogP contribution >= 0.6 is 0 Å². The molecule has 6 rings (SSSR count). The maximum Gasteiger partial charge on any atom is 0.294 e. The van der Waals surface area contributed by atoms with E-state index in [1.165, 1.54) is 57.7 Å². The van der Waals surface area contributed by atoms with E-state index in [1.54, 1.807) is 50.3 Å². The molecule has 2 amide bonds. The normalized spacial score (nSPS) is 15.5. The second-order valence-electron chi connectivity index (χ2n) is 13.1. The predicted octanol–water partition coefficient (Wildman–Crippen LogP) is 6.74. The average molecular weight is 811 g/mol. The van der Waals surface area contributed by atoms with Crippen LogP contribution in [0.15, 0.2) is 99.0 Å². The smallest absolute Gasteiger partial charge is 0.294 e. The first-order valence-electron chi connectivity index (χ1n) is 17.9. The molecule has 4 aromatic carbocycles. The molecule has 0 unspecified atom stereocenters. The third kappa shape index (κ3) is 8.67. The predicted molar refractivity (Wildman–Crippen MR) is 219 cm³/mol. The molecule has 0 bridgehead atoms. The molecule has 58 heavy (non-hydrogen) atoms. The molecular weight excluding hydrogens is 769 g/mol. The Balaban J connectivity index is 1.11. The van der Waals surface area contributed by atoms with E-state index >= 15 is 0 Å². The van der Waals surface area contributed by atoms with E-state index in [9.17, 15) is 22.6 Å². The summed E-state index contributed by atoms with van der Waals surface area (Å²) < 4.78 is 67.0. The highest BCUT2D eigenvalue weighted by molar-refractivity contribution is 7.85. The highest BCUT2D eigenvalue weighted by atomic mass is 32.2. The summed E-state index contributed by atoms with van der Waals surface area (Å²) in [6.45, 7) is 5.89. The minimum Gasteiger partial charge on any atom is -0.493 e. The lowest BCUT2D eigenvalue weighted by atomic mass is 10.1. The summed E-state index contributed by atoms with van der Waals surface area (Å²) in [5.74, 6) is 1.61. The first-order chi connectivity index (χ1) is 27.8. The summed E-state index contributed by atoms with van der Waals surface area (Å²) in [5, 5.41) is 11.4. The molecule has 0 spiro atoms. The van der Waals surface area contributed by atoms with Crippen molar-refractivity contribution in [3.05, 3.63) is 101 Å². The minimum absolute atomic E-state index is 0.218. The maximum atomic E-state index is 13.4. The number of carbonyl (C=O) groups is 2. The molecule has 2 heterocycles. The summed E-state index contributed by atoms with van der Waals surface area (Å²) in [5.41, 5.74) is 5.07. The lowest BCUT2D eigenvalue weighted by Crippen LogP contribution is -2.21. The van der Waals surface area contributed by atoms with Gasteiger partial charge in [-0.1, -0.05) is 17.7 Å². The van der Waals surface area contributed by atoms with Gasteiger partial charge in [0, 0.05) is 6.42 Å². The van der Waals surface area contributed by atoms with Gasteiger partial charge < -0.3 is 28.4 Å². The van der Waals surface area contributed by atoms with E-state index in [1.807, 2.05) is 31.2 Å². The molecule has 2 aliphatic rings. The van der Waals surface area contributed by atoms with Crippen LogP contribution in [0.1, 0.15) is 37.0 Å². The van der Waals surface area contributed by atoms with Crippen molar-refractivity contribution in [2.75, 3.05) is 51.7 Å². The molecule has 1 N–H and O–H groups in total. The molecule has 302 valence electrons. The quantitative estimate of drug-likeness (QED) is 0.0765. The molecule has 15 nitrogen and oxygen atoms in total. The van der Waals surface area contributed by atoms with Crippen molar-refractivity contribution in [1.82, 2.24) is 0 Å². The number of rotatable bonds is 15. The van der Waals surface area contributed by atoms with Gasteiger partial charge in [0.2, 0.25) is 11.5 Å². The number of anilines is 2. The number of aryl methyl sites for hydroxylation is 1. The number of benzene rings is 4. The van der Waals surface area contributed by atoms with Crippen molar-refractivity contribution in [2.24, 2.45) is 10.2 Å². The molecule has 16 heteroatoms. The Kier molecular flexibility index (Phi) is 12.2. The average Bonchev–Trinajstić information content (AvgIpc) is 3.65. The van der Waals surface area contributed by atoms with Crippen LogP contribution in [-0.4, -0.2) is 77.9 Å². The second-order valence-corrected chi connectivity index (χ2v) is 14.5. The zero-order valence-electron chi connectivity index (χ0n) is 32.9. The molecular formula is C42H42N4O11S. The number of hydrogen-bond acceptors (Lipinski definition) is 12. The van der Waals surface area contributed by atoms with Crippen LogP contribution in [0.25, 0.3) is 12.2 Å². The summed E-state index contributed by atoms with van der Waals surface area (Å²) >= 11 is 0. The molecule has 4 aromatic rings. The van der Waals surface area contributed by atoms with Gasteiger partial charge in [-0.3, -0.25) is 14.1 Å². The lowest BCUT2D eigenvalue weighted by Gasteiger charge is -2.17. The zero-order chi connectivity index (χ0) is 41.7. The van der Waals surface area contributed by atoms with Crippen molar-refractivity contribution in [1.29, 1.82) is 0 Å². The molecule has 2 aliphatic heterocycles. The number of hydrogen-bond donors (Lipinski definition) is 1. The van der Waals surface area contributed by atoms with Gasteiger partial charge >= 0.3 is 0 Å². The lowest BCUT2D eigenvalue weighted by molar-refractivity contribution is -0.115. The molecule has 0 radical (unpaired) electrons. The fraction of sp³-hybridized carbons (Fsp3) is 0.238. The van der Waals surface area contributed by atoms with Gasteiger partial charge in [-0.25, -0.2) is 0 Å². The van der Waals surface area contributed by atoms with Crippen LogP contribution in [0.2, 0.25) is 0 Å². The van der Waals surface area contributed by atoms with E-state index in [0.29, 0.717) is 86.0 Å². The summed E-state index contributed by atoms with van der Waals surface area (Å²) in [4.78, 5) is 26.4. The van der Waals surface area contributed by atoms with Crippen molar-refractivity contribution in [3.63, 3.8) is 0 Å². The maximum absolute atomic E-state index is 13.4.